The van der Waals surface area contributed by atoms with E-state index in [9.17, 15) is 18.3 Å². The van der Waals surface area contributed by atoms with Crippen molar-refractivity contribution in [1.82, 2.24) is 9.29 Å². The van der Waals surface area contributed by atoms with Gasteiger partial charge in [-0.05, 0) is 43.4 Å². The topological polar surface area (TPSA) is 102 Å². The highest BCUT2D eigenvalue weighted by atomic mass is 32.2. The minimum absolute atomic E-state index is 0.0970. The van der Waals surface area contributed by atoms with Crippen molar-refractivity contribution in [3.63, 3.8) is 0 Å². The molecule has 0 aliphatic heterocycles. The zero-order valence-electron chi connectivity index (χ0n) is 13.0. The highest BCUT2D eigenvalue weighted by Gasteiger charge is 2.35. The number of fused-ring (bicyclic) bond motifs is 1. The van der Waals surface area contributed by atoms with Gasteiger partial charge in [-0.1, -0.05) is 6.92 Å². The van der Waals surface area contributed by atoms with Crippen LogP contribution < -0.4 is 10.5 Å². The molecule has 0 radical (unpaired) electrons. The molecule has 0 saturated heterocycles. The van der Waals surface area contributed by atoms with Crippen LogP contribution in [0.3, 0.4) is 0 Å². The molecule has 0 bridgehead atoms. The van der Waals surface area contributed by atoms with Gasteiger partial charge in [-0.25, -0.2) is 17.9 Å². The number of sulfonamides is 1. The standard InChI is InChI=1S/C15H20N2O5S/c1-3-12(9-6-10(18)7-9)16-23(20,21)11-4-5-14-13(8-11)17(2)15(19)22-14/h4-5,8-10,12,16,18H,3,6-7H2,1-2H3/t9?,10?,12-/m0/s1. The van der Waals surface area contributed by atoms with Crippen molar-refractivity contribution in [2.24, 2.45) is 13.0 Å². The predicted octanol–water partition coefficient (Wildman–Crippen LogP) is 0.959. The SMILES string of the molecule is CC[C@H](NS(=O)(=O)c1ccc2oc(=O)n(C)c2c1)C1CC(O)C1. The van der Waals surface area contributed by atoms with Crippen LogP contribution in [0, 0.1) is 5.92 Å². The number of aliphatic hydroxyl groups excluding tert-OH is 1. The number of rotatable bonds is 5. The molecule has 2 N–H and O–H groups in total. The lowest BCUT2D eigenvalue weighted by molar-refractivity contribution is 0.0277. The lowest BCUT2D eigenvalue weighted by atomic mass is 9.77. The van der Waals surface area contributed by atoms with E-state index in [4.69, 9.17) is 4.42 Å². The first kappa shape index (κ1) is 16.2. The maximum Gasteiger partial charge on any atom is 0.419 e. The third-order valence-corrected chi connectivity index (χ3v) is 6.03. The summed E-state index contributed by atoms with van der Waals surface area (Å²) in [5.41, 5.74) is 0.788. The van der Waals surface area contributed by atoms with Crippen LogP contribution in [0.5, 0.6) is 0 Å². The molecule has 2 aromatic rings. The fraction of sp³-hybridized carbons (Fsp3) is 0.533. The van der Waals surface area contributed by atoms with Crippen molar-refractivity contribution in [3.05, 3.63) is 28.7 Å². The molecule has 1 aliphatic carbocycles. The summed E-state index contributed by atoms with van der Waals surface area (Å²) in [6.07, 6.45) is 1.57. The van der Waals surface area contributed by atoms with E-state index in [0.29, 0.717) is 30.4 Å². The van der Waals surface area contributed by atoms with Crippen molar-refractivity contribution in [2.45, 2.75) is 43.2 Å². The number of nitrogens with zero attached hydrogens (tertiary/aromatic N) is 1. The van der Waals surface area contributed by atoms with E-state index < -0.39 is 15.8 Å². The van der Waals surface area contributed by atoms with Crippen molar-refractivity contribution in [2.75, 3.05) is 0 Å². The van der Waals surface area contributed by atoms with Gasteiger partial charge in [0.1, 0.15) is 0 Å². The Hall–Kier alpha value is -1.64. The van der Waals surface area contributed by atoms with Gasteiger partial charge >= 0.3 is 5.76 Å². The normalized spacial score (nSPS) is 22.9. The van der Waals surface area contributed by atoms with Gasteiger partial charge in [0, 0.05) is 13.1 Å². The summed E-state index contributed by atoms with van der Waals surface area (Å²) >= 11 is 0. The molecule has 3 rings (SSSR count). The number of oxazole rings is 1. The average molecular weight is 340 g/mol. The fourth-order valence-electron chi connectivity index (χ4n) is 3.01. The number of aromatic nitrogens is 1. The second-order valence-corrected chi connectivity index (χ2v) is 7.79. The summed E-state index contributed by atoms with van der Waals surface area (Å²) in [4.78, 5) is 11.6. The lowest BCUT2D eigenvalue weighted by Gasteiger charge is -2.37. The summed E-state index contributed by atoms with van der Waals surface area (Å²) in [6.45, 7) is 1.92. The number of aryl methyl sites for hydroxylation is 1. The molecule has 0 unspecified atom stereocenters. The smallest absolute Gasteiger partial charge is 0.408 e. The first-order valence-corrected chi connectivity index (χ1v) is 9.10. The predicted molar refractivity (Wildman–Crippen MR) is 84.6 cm³/mol. The van der Waals surface area contributed by atoms with Crippen LogP contribution >= 0.6 is 0 Å². The van der Waals surface area contributed by atoms with Crippen LogP contribution in [0.25, 0.3) is 11.1 Å². The van der Waals surface area contributed by atoms with E-state index >= 15 is 0 Å². The zero-order chi connectivity index (χ0) is 16.8. The number of hydrogen-bond acceptors (Lipinski definition) is 5. The molecule has 1 aliphatic rings. The Kier molecular flexibility index (Phi) is 4.07. The Morgan fingerprint density at radius 1 is 1.43 bits per heavy atom. The maximum atomic E-state index is 12.6. The van der Waals surface area contributed by atoms with E-state index in [-0.39, 0.29) is 23.0 Å². The molecule has 126 valence electrons. The summed E-state index contributed by atoms with van der Waals surface area (Å²) in [5.74, 6) is -0.371. The monoisotopic (exact) mass is 340 g/mol. The van der Waals surface area contributed by atoms with Crippen molar-refractivity contribution in [1.29, 1.82) is 0 Å². The van der Waals surface area contributed by atoms with Crippen LogP contribution in [-0.4, -0.2) is 30.2 Å². The zero-order valence-corrected chi connectivity index (χ0v) is 13.8. The number of nitrogens with one attached hydrogen (secondary N) is 1. The molecule has 23 heavy (non-hydrogen) atoms. The molecule has 7 nitrogen and oxygen atoms in total. The maximum absolute atomic E-state index is 12.6. The summed E-state index contributed by atoms with van der Waals surface area (Å²) in [5, 5.41) is 9.41. The molecule has 1 atom stereocenters. The number of hydrogen-bond donors (Lipinski definition) is 2. The minimum Gasteiger partial charge on any atom is -0.408 e. The number of aliphatic hydroxyl groups is 1. The van der Waals surface area contributed by atoms with Crippen molar-refractivity contribution < 1.29 is 17.9 Å². The second kappa shape index (κ2) is 5.77. The lowest BCUT2D eigenvalue weighted by Crippen LogP contribution is -2.46. The largest absolute Gasteiger partial charge is 0.419 e. The number of benzene rings is 1. The molecule has 0 spiro atoms. The third kappa shape index (κ3) is 2.93. The van der Waals surface area contributed by atoms with Crippen LogP contribution in [0.1, 0.15) is 26.2 Å². The Morgan fingerprint density at radius 3 is 2.74 bits per heavy atom. The van der Waals surface area contributed by atoms with Crippen LogP contribution in [0.2, 0.25) is 0 Å². The van der Waals surface area contributed by atoms with Gasteiger partial charge in [-0.15, -0.1) is 0 Å². The first-order valence-electron chi connectivity index (χ1n) is 7.61. The molecular weight excluding hydrogens is 320 g/mol. The van der Waals surface area contributed by atoms with Gasteiger partial charge < -0.3 is 9.52 Å². The highest BCUT2D eigenvalue weighted by Crippen LogP contribution is 2.32. The first-order chi connectivity index (χ1) is 10.8. The van der Waals surface area contributed by atoms with Crippen molar-refractivity contribution in [3.8, 4) is 0 Å². The Balaban J connectivity index is 1.89. The fourth-order valence-corrected chi connectivity index (χ4v) is 4.42. The summed E-state index contributed by atoms with van der Waals surface area (Å²) in [6, 6.07) is 4.15. The van der Waals surface area contributed by atoms with Crippen LogP contribution in [0.15, 0.2) is 32.3 Å². The van der Waals surface area contributed by atoms with E-state index in [1.165, 1.54) is 29.8 Å². The van der Waals surface area contributed by atoms with E-state index in [0.717, 1.165) is 0 Å². The van der Waals surface area contributed by atoms with Crippen molar-refractivity contribution >= 4 is 21.1 Å². The van der Waals surface area contributed by atoms with Gasteiger partial charge in [0.25, 0.3) is 0 Å². The molecule has 8 heteroatoms. The molecule has 1 aromatic heterocycles. The quantitative estimate of drug-likeness (QED) is 0.844. The Bertz CT molecular complexity index is 877. The summed E-state index contributed by atoms with van der Waals surface area (Å²) < 4.78 is 34.2. The van der Waals surface area contributed by atoms with E-state index in [1.54, 1.807) is 0 Å². The average Bonchev–Trinajstić information content (AvgIpc) is 2.76. The summed E-state index contributed by atoms with van der Waals surface area (Å²) in [7, 11) is -2.17. The molecule has 1 fully saturated rings. The third-order valence-electron chi connectivity index (χ3n) is 4.54. The van der Waals surface area contributed by atoms with Gasteiger partial charge in [0.05, 0.1) is 16.5 Å². The van der Waals surface area contributed by atoms with E-state index in [1.807, 2.05) is 6.92 Å². The van der Waals surface area contributed by atoms with Gasteiger partial charge in [0.2, 0.25) is 10.0 Å². The molecule has 1 aromatic carbocycles. The van der Waals surface area contributed by atoms with Crippen LogP contribution in [0.4, 0.5) is 0 Å². The van der Waals surface area contributed by atoms with Gasteiger partial charge in [0.15, 0.2) is 5.58 Å². The second-order valence-electron chi connectivity index (χ2n) is 6.08. The minimum atomic E-state index is -3.70. The van der Waals surface area contributed by atoms with Gasteiger partial charge in [-0.3, -0.25) is 4.57 Å². The van der Waals surface area contributed by atoms with Gasteiger partial charge in [-0.2, -0.15) is 0 Å². The van der Waals surface area contributed by atoms with Crippen LogP contribution in [-0.2, 0) is 17.1 Å². The molecule has 1 heterocycles. The molecular formula is C15H20N2O5S. The Labute approximate surface area is 134 Å². The molecule has 0 amide bonds. The highest BCUT2D eigenvalue weighted by molar-refractivity contribution is 7.89. The molecule has 1 saturated carbocycles. The van der Waals surface area contributed by atoms with E-state index in [2.05, 4.69) is 4.72 Å². The Morgan fingerprint density at radius 2 is 2.13 bits per heavy atom.